The third kappa shape index (κ3) is 3.30. The van der Waals surface area contributed by atoms with E-state index in [-0.39, 0.29) is 22.3 Å². The number of aliphatic carboxylic acids is 1. The van der Waals surface area contributed by atoms with Crippen LogP contribution in [0.1, 0.15) is 29.6 Å². The summed E-state index contributed by atoms with van der Waals surface area (Å²) in [5.41, 5.74) is -0.316. The Morgan fingerprint density at radius 1 is 1.38 bits per heavy atom. The van der Waals surface area contributed by atoms with Crippen LogP contribution in [0.5, 0.6) is 0 Å². The molecule has 0 saturated heterocycles. The van der Waals surface area contributed by atoms with E-state index in [9.17, 15) is 19.7 Å². The van der Waals surface area contributed by atoms with E-state index >= 15 is 0 Å². The Kier molecular flexibility index (Phi) is 4.42. The van der Waals surface area contributed by atoms with Gasteiger partial charge in [0.1, 0.15) is 5.02 Å². The number of carbonyl (C=O) groups excluding carboxylic acids is 1. The standard InChI is InChI=1S/C13H13ClN2O5/c14-11-9(2-1-3-10(11)16(20)21)12(17)15-8-5-4-7(6-8)13(18)19/h1-3,7-8H,4-6H2,(H,15,17)(H,18,19)/t7-,8+/m1/s1. The summed E-state index contributed by atoms with van der Waals surface area (Å²) in [6, 6.07) is 3.74. The van der Waals surface area contributed by atoms with Crippen molar-refractivity contribution in [2.24, 2.45) is 5.92 Å². The summed E-state index contributed by atoms with van der Waals surface area (Å²) in [7, 11) is 0. The van der Waals surface area contributed by atoms with Gasteiger partial charge in [-0.25, -0.2) is 0 Å². The molecule has 8 heteroatoms. The fourth-order valence-corrected chi connectivity index (χ4v) is 2.72. The minimum atomic E-state index is -0.875. The lowest BCUT2D eigenvalue weighted by molar-refractivity contribution is -0.384. The van der Waals surface area contributed by atoms with Crippen LogP contribution < -0.4 is 5.32 Å². The summed E-state index contributed by atoms with van der Waals surface area (Å²) in [5.74, 6) is -1.87. The largest absolute Gasteiger partial charge is 0.481 e. The van der Waals surface area contributed by atoms with Gasteiger partial charge in [-0.1, -0.05) is 17.7 Å². The van der Waals surface area contributed by atoms with Gasteiger partial charge in [-0.2, -0.15) is 0 Å². The second-order valence-corrected chi connectivity index (χ2v) is 5.29. The van der Waals surface area contributed by atoms with Crippen molar-refractivity contribution in [2.45, 2.75) is 25.3 Å². The molecule has 0 heterocycles. The van der Waals surface area contributed by atoms with Crippen LogP contribution in [0.15, 0.2) is 18.2 Å². The molecule has 1 amide bonds. The third-order valence-electron chi connectivity index (χ3n) is 3.54. The highest BCUT2D eigenvalue weighted by atomic mass is 35.5. The van der Waals surface area contributed by atoms with Crippen LogP contribution in [0.4, 0.5) is 5.69 Å². The maximum Gasteiger partial charge on any atom is 0.306 e. The molecule has 1 saturated carbocycles. The SMILES string of the molecule is O=C(N[C@H]1CC[C@@H](C(=O)O)C1)c1cccc([N+](=O)[O-])c1Cl. The fourth-order valence-electron chi connectivity index (χ4n) is 2.44. The molecule has 1 aliphatic carbocycles. The van der Waals surface area contributed by atoms with E-state index in [0.29, 0.717) is 19.3 Å². The number of nitro groups is 1. The van der Waals surface area contributed by atoms with Crippen molar-refractivity contribution >= 4 is 29.2 Å². The molecule has 2 rings (SSSR count). The Bertz CT molecular complexity index is 604. The topological polar surface area (TPSA) is 110 Å². The van der Waals surface area contributed by atoms with Crippen LogP contribution in [-0.4, -0.2) is 27.9 Å². The van der Waals surface area contributed by atoms with Crippen molar-refractivity contribution in [3.8, 4) is 0 Å². The molecule has 2 N–H and O–H groups in total. The van der Waals surface area contributed by atoms with E-state index in [4.69, 9.17) is 16.7 Å². The Labute approximate surface area is 125 Å². The quantitative estimate of drug-likeness (QED) is 0.654. The second kappa shape index (κ2) is 6.09. The van der Waals surface area contributed by atoms with Crippen molar-refractivity contribution in [2.75, 3.05) is 0 Å². The normalized spacial score (nSPS) is 21.0. The van der Waals surface area contributed by atoms with Gasteiger partial charge in [-0.05, 0) is 25.3 Å². The highest BCUT2D eigenvalue weighted by Gasteiger charge is 2.31. The van der Waals surface area contributed by atoms with E-state index in [0.717, 1.165) is 0 Å². The summed E-state index contributed by atoms with van der Waals surface area (Å²) in [5, 5.41) is 22.2. The second-order valence-electron chi connectivity index (χ2n) is 4.91. The zero-order valence-electron chi connectivity index (χ0n) is 10.9. The van der Waals surface area contributed by atoms with Crippen molar-refractivity contribution in [1.82, 2.24) is 5.32 Å². The van der Waals surface area contributed by atoms with Crippen molar-refractivity contribution in [3.05, 3.63) is 38.9 Å². The third-order valence-corrected chi connectivity index (χ3v) is 3.93. The molecule has 0 unspecified atom stereocenters. The highest BCUT2D eigenvalue weighted by Crippen LogP contribution is 2.29. The fraction of sp³-hybridized carbons (Fsp3) is 0.385. The van der Waals surface area contributed by atoms with Gasteiger partial charge in [0, 0.05) is 12.1 Å². The maximum atomic E-state index is 12.1. The first-order valence-corrected chi connectivity index (χ1v) is 6.74. The minimum Gasteiger partial charge on any atom is -0.481 e. The Balaban J connectivity index is 2.10. The molecule has 1 aromatic rings. The lowest BCUT2D eigenvalue weighted by atomic mass is 10.1. The average molecular weight is 313 g/mol. The molecule has 1 aromatic carbocycles. The number of hydrogen-bond acceptors (Lipinski definition) is 4. The van der Waals surface area contributed by atoms with Gasteiger partial charge in [0.15, 0.2) is 0 Å². The van der Waals surface area contributed by atoms with E-state index < -0.39 is 22.7 Å². The van der Waals surface area contributed by atoms with E-state index in [1.807, 2.05) is 0 Å². The number of hydrogen-bond donors (Lipinski definition) is 2. The molecule has 0 aromatic heterocycles. The van der Waals surface area contributed by atoms with Gasteiger partial charge in [0.05, 0.1) is 16.4 Å². The molecule has 1 fully saturated rings. The van der Waals surface area contributed by atoms with Gasteiger partial charge in [-0.3, -0.25) is 19.7 Å². The predicted molar refractivity (Wildman–Crippen MR) is 74.3 cm³/mol. The molecular weight excluding hydrogens is 300 g/mol. The number of carbonyl (C=O) groups is 2. The molecule has 7 nitrogen and oxygen atoms in total. The minimum absolute atomic E-state index is 0.0182. The van der Waals surface area contributed by atoms with Crippen LogP contribution in [0, 0.1) is 16.0 Å². The lowest BCUT2D eigenvalue weighted by Gasteiger charge is -2.13. The van der Waals surface area contributed by atoms with Gasteiger partial charge >= 0.3 is 5.97 Å². The number of nitrogens with zero attached hydrogens (tertiary/aromatic N) is 1. The summed E-state index contributed by atoms with van der Waals surface area (Å²) in [4.78, 5) is 33.1. The van der Waals surface area contributed by atoms with Crippen LogP contribution in [-0.2, 0) is 4.79 Å². The molecule has 0 spiro atoms. The number of benzene rings is 1. The number of carboxylic acid groups (broad SMARTS) is 1. The summed E-state index contributed by atoms with van der Waals surface area (Å²) in [6.07, 6.45) is 1.42. The number of nitro benzene ring substituents is 1. The smallest absolute Gasteiger partial charge is 0.306 e. The van der Waals surface area contributed by atoms with Crippen LogP contribution in [0.25, 0.3) is 0 Å². The van der Waals surface area contributed by atoms with Crippen LogP contribution in [0.2, 0.25) is 5.02 Å². The first-order valence-electron chi connectivity index (χ1n) is 6.36. The molecule has 112 valence electrons. The van der Waals surface area contributed by atoms with Crippen molar-refractivity contribution in [3.63, 3.8) is 0 Å². The van der Waals surface area contributed by atoms with Gasteiger partial charge in [0.25, 0.3) is 11.6 Å². The summed E-state index contributed by atoms with van der Waals surface area (Å²) >= 11 is 5.87. The number of nitrogens with one attached hydrogen (secondary N) is 1. The van der Waals surface area contributed by atoms with E-state index in [1.165, 1.54) is 18.2 Å². The zero-order chi connectivity index (χ0) is 15.6. The molecule has 0 bridgehead atoms. The van der Waals surface area contributed by atoms with Crippen LogP contribution in [0.3, 0.4) is 0 Å². The predicted octanol–water partition coefficient (Wildman–Crippen LogP) is 2.23. The van der Waals surface area contributed by atoms with Gasteiger partial charge in [0.2, 0.25) is 0 Å². The number of carboxylic acids is 1. The molecule has 1 aliphatic rings. The molecule has 0 radical (unpaired) electrons. The summed E-state index contributed by atoms with van der Waals surface area (Å²) in [6.45, 7) is 0. The maximum absolute atomic E-state index is 12.1. The van der Waals surface area contributed by atoms with E-state index in [1.54, 1.807) is 0 Å². The number of rotatable bonds is 4. The first-order chi connectivity index (χ1) is 9.90. The van der Waals surface area contributed by atoms with Crippen molar-refractivity contribution < 1.29 is 19.6 Å². The average Bonchev–Trinajstić information content (AvgIpc) is 2.87. The van der Waals surface area contributed by atoms with Gasteiger partial charge < -0.3 is 10.4 Å². The monoisotopic (exact) mass is 312 g/mol. The molecule has 2 atom stereocenters. The number of halogens is 1. The number of amides is 1. The van der Waals surface area contributed by atoms with Gasteiger partial charge in [-0.15, -0.1) is 0 Å². The Hall–Kier alpha value is -2.15. The highest BCUT2D eigenvalue weighted by molar-refractivity contribution is 6.35. The van der Waals surface area contributed by atoms with Crippen molar-refractivity contribution in [1.29, 1.82) is 0 Å². The lowest BCUT2D eigenvalue weighted by Crippen LogP contribution is -2.33. The Morgan fingerprint density at radius 3 is 2.67 bits per heavy atom. The van der Waals surface area contributed by atoms with Crippen LogP contribution >= 0.6 is 11.6 Å². The molecule has 21 heavy (non-hydrogen) atoms. The molecule has 0 aliphatic heterocycles. The van der Waals surface area contributed by atoms with E-state index in [2.05, 4.69) is 5.32 Å². The Morgan fingerprint density at radius 2 is 2.10 bits per heavy atom. The summed E-state index contributed by atoms with van der Waals surface area (Å²) < 4.78 is 0. The zero-order valence-corrected chi connectivity index (χ0v) is 11.7. The molecular formula is C13H13ClN2O5. The first kappa shape index (κ1) is 15.2.